The zero-order chi connectivity index (χ0) is 18.1. The summed E-state index contributed by atoms with van der Waals surface area (Å²) in [7, 11) is 0. The second-order valence-electron chi connectivity index (χ2n) is 6.13. The van der Waals surface area contributed by atoms with Gasteiger partial charge in [0.2, 0.25) is 5.91 Å². The van der Waals surface area contributed by atoms with E-state index in [1.807, 2.05) is 13.0 Å². The quantitative estimate of drug-likeness (QED) is 0.763. The second kappa shape index (κ2) is 6.96. The fourth-order valence-electron chi connectivity index (χ4n) is 3.00. The standard InChI is InChI=1S/C19H18BrFN2O2/c1-12-6-7-16(21)17(10-12)23-9-8-22(13(2)18(23)24)19(25)14-4-3-5-15(20)11-14/h3-7,10-11,13H,8-9H2,1-2H3/t13-/m1/s1. The first-order chi connectivity index (χ1) is 11.9. The fraction of sp³-hybridized carbons (Fsp3) is 0.263. The number of anilines is 1. The molecule has 1 aliphatic rings. The average molecular weight is 405 g/mol. The smallest absolute Gasteiger partial charge is 0.254 e. The highest BCUT2D eigenvalue weighted by molar-refractivity contribution is 9.10. The van der Waals surface area contributed by atoms with Gasteiger partial charge in [0.25, 0.3) is 5.91 Å². The van der Waals surface area contributed by atoms with E-state index in [0.29, 0.717) is 12.1 Å². The van der Waals surface area contributed by atoms with Crippen LogP contribution in [0.1, 0.15) is 22.8 Å². The lowest BCUT2D eigenvalue weighted by atomic mass is 10.1. The number of carbonyl (C=O) groups is 2. The molecule has 6 heteroatoms. The summed E-state index contributed by atoms with van der Waals surface area (Å²) in [6.07, 6.45) is 0. The van der Waals surface area contributed by atoms with Crippen molar-refractivity contribution in [2.45, 2.75) is 19.9 Å². The molecule has 1 heterocycles. The Kier molecular flexibility index (Phi) is 4.90. The monoisotopic (exact) mass is 404 g/mol. The molecular weight excluding hydrogens is 387 g/mol. The Morgan fingerprint density at radius 1 is 1.20 bits per heavy atom. The predicted octanol–water partition coefficient (Wildman–Crippen LogP) is 3.77. The highest BCUT2D eigenvalue weighted by Gasteiger charge is 2.36. The lowest BCUT2D eigenvalue weighted by Crippen LogP contribution is -2.58. The molecule has 1 atom stereocenters. The summed E-state index contributed by atoms with van der Waals surface area (Å²) in [6.45, 7) is 4.15. The second-order valence-corrected chi connectivity index (χ2v) is 7.05. The summed E-state index contributed by atoms with van der Waals surface area (Å²) >= 11 is 3.35. The van der Waals surface area contributed by atoms with Crippen molar-refractivity contribution in [1.29, 1.82) is 0 Å². The summed E-state index contributed by atoms with van der Waals surface area (Å²) in [4.78, 5) is 28.5. The van der Waals surface area contributed by atoms with Gasteiger partial charge < -0.3 is 9.80 Å². The third-order valence-electron chi connectivity index (χ3n) is 4.38. The van der Waals surface area contributed by atoms with Gasteiger partial charge >= 0.3 is 0 Å². The minimum Gasteiger partial charge on any atom is -0.325 e. The van der Waals surface area contributed by atoms with E-state index >= 15 is 0 Å². The Morgan fingerprint density at radius 3 is 2.68 bits per heavy atom. The van der Waals surface area contributed by atoms with E-state index in [9.17, 15) is 14.0 Å². The average Bonchev–Trinajstić information content (AvgIpc) is 2.59. The third-order valence-corrected chi connectivity index (χ3v) is 4.87. The molecule has 1 fully saturated rings. The number of hydrogen-bond acceptors (Lipinski definition) is 2. The maximum atomic E-state index is 14.1. The predicted molar refractivity (Wildman–Crippen MR) is 98.1 cm³/mol. The molecular formula is C19H18BrFN2O2. The van der Waals surface area contributed by atoms with Crippen LogP contribution in [-0.2, 0) is 4.79 Å². The number of aryl methyl sites for hydroxylation is 1. The van der Waals surface area contributed by atoms with Crippen LogP contribution in [0.5, 0.6) is 0 Å². The highest BCUT2D eigenvalue weighted by atomic mass is 79.9. The van der Waals surface area contributed by atoms with Crippen molar-refractivity contribution in [3.8, 4) is 0 Å². The number of piperazine rings is 1. The van der Waals surface area contributed by atoms with Crippen LogP contribution < -0.4 is 4.90 Å². The van der Waals surface area contributed by atoms with E-state index in [0.717, 1.165) is 10.0 Å². The minimum absolute atomic E-state index is 0.202. The van der Waals surface area contributed by atoms with Gasteiger partial charge in [0.05, 0.1) is 5.69 Å². The maximum Gasteiger partial charge on any atom is 0.254 e. The third kappa shape index (κ3) is 3.44. The molecule has 130 valence electrons. The van der Waals surface area contributed by atoms with E-state index in [1.54, 1.807) is 37.3 Å². The molecule has 2 aromatic rings. The van der Waals surface area contributed by atoms with Gasteiger partial charge in [0, 0.05) is 23.1 Å². The van der Waals surface area contributed by atoms with Crippen molar-refractivity contribution in [2.75, 3.05) is 18.0 Å². The highest BCUT2D eigenvalue weighted by Crippen LogP contribution is 2.26. The van der Waals surface area contributed by atoms with Gasteiger partial charge in [-0.05, 0) is 49.7 Å². The number of hydrogen-bond donors (Lipinski definition) is 0. The first kappa shape index (κ1) is 17.6. The van der Waals surface area contributed by atoms with Gasteiger partial charge in [-0.25, -0.2) is 4.39 Å². The lowest BCUT2D eigenvalue weighted by molar-refractivity contribution is -0.124. The maximum absolute atomic E-state index is 14.1. The number of halogens is 2. The summed E-state index contributed by atoms with van der Waals surface area (Å²) in [6, 6.07) is 11.1. The first-order valence-electron chi connectivity index (χ1n) is 8.02. The van der Waals surface area contributed by atoms with Gasteiger partial charge in [0.1, 0.15) is 11.9 Å². The van der Waals surface area contributed by atoms with Gasteiger partial charge in [-0.15, -0.1) is 0 Å². The number of rotatable bonds is 2. The molecule has 0 aliphatic carbocycles. The van der Waals surface area contributed by atoms with Gasteiger partial charge in [-0.2, -0.15) is 0 Å². The molecule has 0 unspecified atom stereocenters. The van der Waals surface area contributed by atoms with Gasteiger partial charge in [-0.1, -0.05) is 28.1 Å². The molecule has 0 bridgehead atoms. The van der Waals surface area contributed by atoms with E-state index in [-0.39, 0.29) is 24.0 Å². The molecule has 0 saturated carbocycles. The van der Waals surface area contributed by atoms with Crippen LogP contribution in [0.4, 0.5) is 10.1 Å². The lowest BCUT2D eigenvalue weighted by Gasteiger charge is -2.39. The van der Waals surface area contributed by atoms with Crippen LogP contribution in [0.3, 0.4) is 0 Å². The van der Waals surface area contributed by atoms with Crippen molar-refractivity contribution in [2.24, 2.45) is 0 Å². The molecule has 0 spiro atoms. The van der Waals surface area contributed by atoms with Crippen molar-refractivity contribution in [1.82, 2.24) is 4.90 Å². The van der Waals surface area contributed by atoms with Gasteiger partial charge in [0.15, 0.2) is 0 Å². The van der Waals surface area contributed by atoms with E-state index in [2.05, 4.69) is 15.9 Å². The summed E-state index contributed by atoms with van der Waals surface area (Å²) in [5.74, 6) is -0.913. The molecule has 2 amide bonds. The van der Waals surface area contributed by atoms with Crippen molar-refractivity contribution in [3.63, 3.8) is 0 Å². The van der Waals surface area contributed by atoms with Crippen LogP contribution in [0, 0.1) is 12.7 Å². The molecule has 0 aromatic heterocycles. The Balaban J connectivity index is 1.84. The minimum atomic E-state index is -0.653. The zero-order valence-electron chi connectivity index (χ0n) is 14.0. The SMILES string of the molecule is Cc1ccc(F)c(N2CCN(C(=O)c3cccc(Br)c3)[C@H](C)C2=O)c1. The zero-order valence-corrected chi connectivity index (χ0v) is 15.6. The Morgan fingerprint density at radius 2 is 1.96 bits per heavy atom. The molecule has 1 aliphatic heterocycles. The van der Waals surface area contributed by atoms with Crippen LogP contribution in [0.15, 0.2) is 46.9 Å². The van der Waals surface area contributed by atoms with Crippen molar-refractivity contribution < 1.29 is 14.0 Å². The Bertz CT molecular complexity index is 840. The summed E-state index contributed by atoms with van der Waals surface area (Å²) < 4.78 is 14.9. The fourth-order valence-corrected chi connectivity index (χ4v) is 3.40. The van der Waals surface area contributed by atoms with Crippen LogP contribution in [0.2, 0.25) is 0 Å². The van der Waals surface area contributed by atoms with Crippen molar-refractivity contribution in [3.05, 3.63) is 63.9 Å². The Labute approximate surface area is 154 Å². The van der Waals surface area contributed by atoms with E-state index < -0.39 is 11.9 Å². The van der Waals surface area contributed by atoms with Gasteiger partial charge in [-0.3, -0.25) is 9.59 Å². The van der Waals surface area contributed by atoms with Crippen LogP contribution in [0.25, 0.3) is 0 Å². The summed E-state index contributed by atoms with van der Waals surface area (Å²) in [5.41, 5.74) is 1.67. The summed E-state index contributed by atoms with van der Waals surface area (Å²) in [5, 5.41) is 0. The molecule has 0 radical (unpaired) electrons. The molecule has 4 nitrogen and oxygen atoms in total. The topological polar surface area (TPSA) is 40.6 Å². The van der Waals surface area contributed by atoms with E-state index in [1.165, 1.54) is 15.9 Å². The number of amides is 2. The molecule has 25 heavy (non-hydrogen) atoms. The number of benzene rings is 2. The van der Waals surface area contributed by atoms with E-state index in [4.69, 9.17) is 0 Å². The van der Waals surface area contributed by atoms with Crippen molar-refractivity contribution >= 4 is 33.4 Å². The molecule has 2 aromatic carbocycles. The molecule has 3 rings (SSSR count). The van der Waals surface area contributed by atoms with Crippen LogP contribution >= 0.6 is 15.9 Å². The number of carbonyl (C=O) groups excluding carboxylic acids is 2. The molecule has 0 N–H and O–H groups in total. The Hall–Kier alpha value is -2.21. The largest absolute Gasteiger partial charge is 0.325 e. The number of nitrogens with zero attached hydrogens (tertiary/aromatic N) is 2. The van der Waals surface area contributed by atoms with Crippen LogP contribution in [-0.4, -0.2) is 35.8 Å². The normalized spacial score (nSPS) is 17.8. The molecule has 1 saturated heterocycles. The first-order valence-corrected chi connectivity index (χ1v) is 8.82.